The quantitative estimate of drug-likeness (QED) is 0.367. The first-order valence-corrected chi connectivity index (χ1v) is 11.2. The van der Waals surface area contributed by atoms with E-state index in [4.69, 9.17) is 16.3 Å². The van der Waals surface area contributed by atoms with Crippen molar-refractivity contribution < 1.29 is 13.9 Å². The number of halogens is 2. The smallest absolute Gasteiger partial charge is 0.234 e. The van der Waals surface area contributed by atoms with Crippen molar-refractivity contribution >= 4 is 45.7 Å². The number of ether oxygens (including phenoxy) is 1. The fraction of sp³-hybridized carbons (Fsp3) is 0.174. The molecule has 1 heterocycles. The number of carbonyl (C=O) groups excluding carboxylic acids is 1. The average molecular weight is 471 g/mol. The Kier molecular flexibility index (Phi) is 6.62. The number of hydrogen-bond donors (Lipinski definition) is 1. The van der Waals surface area contributed by atoms with Gasteiger partial charge in [-0.3, -0.25) is 4.79 Å². The van der Waals surface area contributed by atoms with Crippen LogP contribution in [0, 0.1) is 12.7 Å². The first-order chi connectivity index (χ1) is 15.4. The van der Waals surface area contributed by atoms with Gasteiger partial charge in [-0.1, -0.05) is 53.7 Å². The van der Waals surface area contributed by atoms with Crippen LogP contribution in [0.1, 0.15) is 11.4 Å². The van der Waals surface area contributed by atoms with Crippen molar-refractivity contribution in [2.45, 2.75) is 18.7 Å². The van der Waals surface area contributed by atoms with Crippen molar-refractivity contribution in [3.63, 3.8) is 0 Å². The fourth-order valence-corrected chi connectivity index (χ4v) is 4.11. The molecule has 1 N–H and O–H groups in total. The summed E-state index contributed by atoms with van der Waals surface area (Å²) in [5.74, 6) is 0.757. The number of nitrogens with one attached hydrogen (secondary N) is 1. The van der Waals surface area contributed by atoms with Gasteiger partial charge in [0.1, 0.15) is 18.2 Å². The summed E-state index contributed by atoms with van der Waals surface area (Å²) in [6, 6.07) is 16.2. The van der Waals surface area contributed by atoms with E-state index in [-0.39, 0.29) is 23.3 Å². The monoisotopic (exact) mass is 470 g/mol. The van der Waals surface area contributed by atoms with Gasteiger partial charge in [0.25, 0.3) is 0 Å². The lowest BCUT2D eigenvalue weighted by molar-refractivity contribution is -0.113. The Hall–Kier alpha value is -3.10. The summed E-state index contributed by atoms with van der Waals surface area (Å²) in [6.45, 7) is 2.28. The number of nitrogens with zero attached hydrogens (tertiary/aromatic N) is 3. The van der Waals surface area contributed by atoms with Crippen molar-refractivity contribution in [3.05, 3.63) is 76.8 Å². The highest BCUT2D eigenvalue weighted by atomic mass is 35.5. The third-order valence-electron chi connectivity index (χ3n) is 4.97. The van der Waals surface area contributed by atoms with Crippen LogP contribution in [-0.2, 0) is 18.4 Å². The summed E-state index contributed by atoms with van der Waals surface area (Å²) in [4.78, 5) is 12.2. The number of rotatable bonds is 7. The van der Waals surface area contributed by atoms with Gasteiger partial charge >= 0.3 is 0 Å². The first-order valence-electron chi connectivity index (χ1n) is 9.79. The van der Waals surface area contributed by atoms with Gasteiger partial charge in [-0.25, -0.2) is 4.39 Å². The van der Waals surface area contributed by atoms with Crippen LogP contribution in [-0.4, -0.2) is 26.4 Å². The number of thioether (sulfide) groups is 1. The molecule has 9 heteroatoms. The van der Waals surface area contributed by atoms with Gasteiger partial charge in [-0.15, -0.1) is 10.2 Å². The van der Waals surface area contributed by atoms with Crippen molar-refractivity contribution in [1.29, 1.82) is 0 Å². The maximum Gasteiger partial charge on any atom is 0.234 e. The molecule has 4 aromatic rings. The van der Waals surface area contributed by atoms with E-state index >= 15 is 0 Å². The number of carbonyl (C=O) groups is 1. The summed E-state index contributed by atoms with van der Waals surface area (Å²) >= 11 is 6.99. The number of fused-ring (bicyclic) bond motifs is 1. The highest BCUT2D eigenvalue weighted by Gasteiger charge is 2.13. The topological polar surface area (TPSA) is 69.0 Å². The molecule has 0 aliphatic carbocycles. The molecule has 0 fully saturated rings. The second kappa shape index (κ2) is 9.58. The molecule has 0 saturated heterocycles. The van der Waals surface area contributed by atoms with Crippen LogP contribution in [0.15, 0.2) is 59.8 Å². The molecule has 0 aliphatic heterocycles. The van der Waals surface area contributed by atoms with Gasteiger partial charge in [0.15, 0.2) is 11.0 Å². The molecule has 0 saturated carbocycles. The molecule has 0 radical (unpaired) electrons. The largest absolute Gasteiger partial charge is 0.485 e. The molecule has 3 aromatic carbocycles. The Bertz CT molecular complexity index is 1290. The molecular weight excluding hydrogens is 451 g/mol. The highest BCUT2D eigenvalue weighted by Crippen LogP contribution is 2.28. The number of aromatic nitrogens is 3. The van der Waals surface area contributed by atoms with Crippen LogP contribution in [0.2, 0.25) is 5.02 Å². The van der Waals surface area contributed by atoms with Crippen LogP contribution >= 0.6 is 23.4 Å². The third-order valence-corrected chi connectivity index (χ3v) is 6.28. The maximum atomic E-state index is 13.2. The average Bonchev–Trinajstić information content (AvgIpc) is 3.14. The summed E-state index contributed by atoms with van der Waals surface area (Å²) in [5.41, 5.74) is 1.50. The van der Waals surface area contributed by atoms with E-state index in [1.807, 2.05) is 38.2 Å². The fourth-order valence-electron chi connectivity index (χ4n) is 3.20. The van der Waals surface area contributed by atoms with Crippen molar-refractivity contribution in [1.82, 2.24) is 14.8 Å². The van der Waals surface area contributed by atoms with Crippen LogP contribution in [0.25, 0.3) is 10.8 Å². The molecule has 0 unspecified atom stereocenters. The predicted octanol–water partition coefficient (Wildman–Crippen LogP) is 5.38. The third kappa shape index (κ3) is 4.87. The predicted molar refractivity (Wildman–Crippen MR) is 125 cm³/mol. The second-order valence-electron chi connectivity index (χ2n) is 7.12. The molecular formula is C23H20ClFN4O2S. The van der Waals surface area contributed by atoms with Gasteiger partial charge in [0, 0.05) is 12.7 Å². The normalized spacial score (nSPS) is 11.0. The summed E-state index contributed by atoms with van der Waals surface area (Å²) in [5, 5.41) is 13.9. The molecule has 32 heavy (non-hydrogen) atoms. The van der Waals surface area contributed by atoms with Crippen molar-refractivity contribution in [3.8, 4) is 5.75 Å². The van der Waals surface area contributed by atoms with E-state index in [1.54, 1.807) is 4.57 Å². The maximum absolute atomic E-state index is 13.2. The number of aryl methyl sites for hydroxylation is 1. The molecule has 0 spiro atoms. The van der Waals surface area contributed by atoms with Crippen LogP contribution in [0.4, 0.5) is 10.1 Å². The molecule has 1 amide bonds. The Labute approximate surface area is 193 Å². The number of anilines is 1. The number of benzene rings is 3. The summed E-state index contributed by atoms with van der Waals surface area (Å²) in [6.07, 6.45) is 0. The van der Waals surface area contributed by atoms with Crippen LogP contribution in [0.3, 0.4) is 0 Å². The molecule has 4 rings (SSSR count). The van der Waals surface area contributed by atoms with Gasteiger partial charge in [0.2, 0.25) is 5.91 Å². The minimum absolute atomic E-state index is 0.0463. The first kappa shape index (κ1) is 22.1. The van der Waals surface area contributed by atoms with E-state index in [0.717, 1.165) is 22.1 Å². The Morgan fingerprint density at radius 3 is 2.81 bits per heavy atom. The molecule has 6 nitrogen and oxygen atoms in total. The Balaban J connectivity index is 1.35. The van der Waals surface area contributed by atoms with Gasteiger partial charge in [-0.2, -0.15) is 0 Å². The van der Waals surface area contributed by atoms with E-state index in [0.29, 0.717) is 16.7 Å². The molecule has 0 aliphatic rings. The van der Waals surface area contributed by atoms with E-state index in [2.05, 4.69) is 27.6 Å². The van der Waals surface area contributed by atoms with Crippen LogP contribution < -0.4 is 10.1 Å². The van der Waals surface area contributed by atoms with Crippen molar-refractivity contribution in [2.24, 2.45) is 7.05 Å². The van der Waals surface area contributed by atoms with Gasteiger partial charge in [-0.05, 0) is 47.5 Å². The molecule has 164 valence electrons. The lowest BCUT2D eigenvalue weighted by Crippen LogP contribution is -2.14. The number of amides is 1. The molecule has 0 bridgehead atoms. The summed E-state index contributed by atoms with van der Waals surface area (Å²) in [7, 11) is 1.83. The minimum atomic E-state index is -0.535. The van der Waals surface area contributed by atoms with E-state index in [9.17, 15) is 9.18 Å². The molecule has 1 aromatic heterocycles. The Morgan fingerprint density at radius 2 is 2.00 bits per heavy atom. The second-order valence-corrected chi connectivity index (χ2v) is 8.47. The van der Waals surface area contributed by atoms with Gasteiger partial charge in [0.05, 0.1) is 10.8 Å². The zero-order valence-corrected chi connectivity index (χ0v) is 19.0. The zero-order valence-electron chi connectivity index (χ0n) is 17.4. The van der Waals surface area contributed by atoms with Crippen LogP contribution in [0.5, 0.6) is 5.75 Å². The Morgan fingerprint density at radius 1 is 1.19 bits per heavy atom. The standard InChI is InChI=1S/C23H20ClFN4O2S/c1-14-17-6-4-3-5-15(17)7-10-20(14)31-12-21-27-28-23(29(21)2)32-13-22(30)26-16-8-9-19(25)18(24)11-16/h3-11H,12-13H2,1-2H3,(H,26,30). The van der Waals surface area contributed by atoms with E-state index < -0.39 is 5.82 Å². The number of hydrogen-bond acceptors (Lipinski definition) is 5. The lowest BCUT2D eigenvalue weighted by atomic mass is 10.0. The minimum Gasteiger partial charge on any atom is -0.485 e. The van der Waals surface area contributed by atoms with E-state index in [1.165, 1.54) is 30.0 Å². The van der Waals surface area contributed by atoms with Crippen molar-refractivity contribution in [2.75, 3.05) is 11.1 Å². The molecule has 0 atom stereocenters. The lowest BCUT2D eigenvalue weighted by Gasteiger charge is -2.11. The van der Waals surface area contributed by atoms with Gasteiger partial charge < -0.3 is 14.6 Å². The highest BCUT2D eigenvalue weighted by molar-refractivity contribution is 7.99. The SMILES string of the molecule is Cc1c(OCc2nnc(SCC(=O)Nc3ccc(F)c(Cl)c3)n2C)ccc2ccccc12. The zero-order chi connectivity index (χ0) is 22.7. The summed E-state index contributed by atoms with van der Waals surface area (Å²) < 4.78 is 21.0.